The number of alkyl halides is 1. The zero-order chi connectivity index (χ0) is 15.3. The van der Waals surface area contributed by atoms with Gasteiger partial charge in [0.25, 0.3) is 0 Å². The first-order valence-electron chi connectivity index (χ1n) is 6.13. The van der Waals surface area contributed by atoms with Gasteiger partial charge in [0.15, 0.2) is 5.82 Å². The molecular formula is C13H17ClF2N2OS. The Morgan fingerprint density at radius 3 is 2.60 bits per heavy atom. The Kier molecular flexibility index (Phi) is 6.36. The van der Waals surface area contributed by atoms with Crippen molar-refractivity contribution < 1.29 is 13.3 Å². The second kappa shape index (κ2) is 7.33. The summed E-state index contributed by atoms with van der Waals surface area (Å²) < 4.78 is 42.4. The molecule has 112 valence electrons. The second-order valence-corrected chi connectivity index (χ2v) is 7.44. The van der Waals surface area contributed by atoms with E-state index in [4.69, 9.17) is 11.6 Å². The summed E-state index contributed by atoms with van der Waals surface area (Å²) in [5.74, 6) is -1.15. The predicted octanol–water partition coefficient (Wildman–Crippen LogP) is 3.63. The van der Waals surface area contributed by atoms with Gasteiger partial charge in [-0.25, -0.2) is 9.37 Å². The molecule has 20 heavy (non-hydrogen) atoms. The maximum absolute atomic E-state index is 13.8. The van der Waals surface area contributed by atoms with Crippen LogP contribution in [0.25, 0.3) is 0 Å². The second-order valence-electron chi connectivity index (χ2n) is 5.16. The van der Waals surface area contributed by atoms with Crippen molar-refractivity contribution in [3.05, 3.63) is 29.6 Å². The van der Waals surface area contributed by atoms with Crippen molar-refractivity contribution in [2.75, 3.05) is 5.88 Å². The van der Waals surface area contributed by atoms with E-state index in [0.29, 0.717) is 18.7 Å². The third-order valence-electron chi connectivity index (χ3n) is 2.35. The highest BCUT2D eigenvalue weighted by molar-refractivity contribution is 7.91. The van der Waals surface area contributed by atoms with E-state index in [1.165, 1.54) is 0 Å². The first-order valence-corrected chi connectivity index (χ1v) is 7.77. The van der Waals surface area contributed by atoms with Gasteiger partial charge in [-0.1, -0.05) is 4.40 Å². The number of pyridine rings is 1. The number of halogens is 3. The molecule has 0 aliphatic rings. The van der Waals surface area contributed by atoms with E-state index in [2.05, 4.69) is 9.38 Å². The van der Waals surface area contributed by atoms with Gasteiger partial charge in [0.1, 0.15) is 27.5 Å². The van der Waals surface area contributed by atoms with Gasteiger partial charge in [0.05, 0.1) is 0 Å². The van der Waals surface area contributed by atoms with Gasteiger partial charge < -0.3 is 4.55 Å². The Balaban J connectivity index is 3.18. The minimum Gasteiger partial charge on any atom is -0.591 e. The van der Waals surface area contributed by atoms with E-state index in [9.17, 15) is 13.3 Å². The number of nitrogens with zero attached hydrogens (tertiary/aromatic N) is 2. The van der Waals surface area contributed by atoms with Gasteiger partial charge in [-0.3, -0.25) is 0 Å². The van der Waals surface area contributed by atoms with Gasteiger partial charge in [0, 0.05) is 5.88 Å². The molecule has 3 nitrogen and oxygen atoms in total. The highest BCUT2D eigenvalue weighted by Crippen LogP contribution is 2.20. The smallest absolute Gasteiger partial charge is 0.213 e. The Labute approximate surface area is 125 Å². The van der Waals surface area contributed by atoms with Crippen molar-refractivity contribution in [2.24, 2.45) is 4.40 Å². The van der Waals surface area contributed by atoms with Gasteiger partial charge >= 0.3 is 0 Å². The number of rotatable bonds is 5. The molecule has 7 heteroatoms. The van der Waals surface area contributed by atoms with Crippen molar-refractivity contribution in [3.8, 4) is 0 Å². The molecule has 1 aromatic rings. The van der Waals surface area contributed by atoms with Crippen LogP contribution in [0, 0.1) is 11.8 Å². The predicted molar refractivity (Wildman–Crippen MR) is 78.5 cm³/mol. The summed E-state index contributed by atoms with van der Waals surface area (Å²) >= 11 is 4.04. The van der Waals surface area contributed by atoms with Crippen molar-refractivity contribution in [2.45, 2.75) is 38.4 Å². The minimum absolute atomic E-state index is 0.177. The highest BCUT2D eigenvalue weighted by Gasteiger charge is 2.28. The number of hydrogen-bond donors (Lipinski definition) is 0. The molecule has 0 aromatic carbocycles. The molecule has 1 heterocycles. The third-order valence-corrected chi connectivity index (χ3v) is 4.05. The largest absolute Gasteiger partial charge is 0.591 e. The van der Waals surface area contributed by atoms with Gasteiger partial charge in [-0.15, -0.1) is 11.6 Å². The standard InChI is InChI=1S/C13H17ClF2N2OS/c1-13(2,3)20(19)18-10(5-4-8-14)12-9(15)6-7-11(16)17-12/h6-7H,4-5,8H2,1-3H3/b18-10+. The molecule has 1 rings (SSSR count). The molecular weight excluding hydrogens is 306 g/mol. The molecule has 1 aromatic heterocycles. The van der Waals surface area contributed by atoms with E-state index in [0.717, 1.165) is 12.1 Å². The Bertz CT molecular complexity index is 492. The fraction of sp³-hybridized carbons (Fsp3) is 0.538. The minimum atomic E-state index is -1.57. The summed E-state index contributed by atoms with van der Waals surface area (Å²) in [6.45, 7) is 5.25. The van der Waals surface area contributed by atoms with Crippen LogP contribution in [0.1, 0.15) is 39.3 Å². The lowest BCUT2D eigenvalue weighted by Crippen LogP contribution is -2.27. The molecule has 0 radical (unpaired) electrons. The third kappa shape index (κ3) is 5.00. The van der Waals surface area contributed by atoms with Gasteiger partial charge in [-0.05, 0) is 45.7 Å². The molecule has 1 atom stereocenters. The molecule has 0 saturated heterocycles. The van der Waals surface area contributed by atoms with Crippen molar-refractivity contribution >= 4 is 28.7 Å². The fourth-order valence-corrected chi connectivity index (χ4v) is 2.08. The normalized spacial score (nSPS) is 14.4. The average molecular weight is 323 g/mol. The van der Waals surface area contributed by atoms with E-state index in [-0.39, 0.29) is 11.4 Å². The van der Waals surface area contributed by atoms with Crippen LogP contribution < -0.4 is 0 Å². The Hall–Kier alpha value is -0.720. The zero-order valence-corrected chi connectivity index (χ0v) is 13.2. The molecule has 0 amide bonds. The first kappa shape index (κ1) is 17.3. The van der Waals surface area contributed by atoms with Crippen LogP contribution in [0.15, 0.2) is 16.5 Å². The summed E-state index contributed by atoms with van der Waals surface area (Å²) in [6.07, 6.45) is 0.804. The quantitative estimate of drug-likeness (QED) is 0.360. The summed E-state index contributed by atoms with van der Waals surface area (Å²) in [4.78, 5) is 3.51. The van der Waals surface area contributed by atoms with Crippen LogP contribution in [0.3, 0.4) is 0 Å². The lowest BCUT2D eigenvalue weighted by atomic mass is 10.1. The Morgan fingerprint density at radius 2 is 2.05 bits per heavy atom. The molecule has 0 saturated carbocycles. The van der Waals surface area contributed by atoms with Crippen LogP contribution in [0.4, 0.5) is 8.78 Å². The molecule has 0 spiro atoms. The summed E-state index contributed by atoms with van der Waals surface area (Å²) in [5, 5.41) is 0. The molecule has 1 unspecified atom stereocenters. The van der Waals surface area contributed by atoms with E-state index >= 15 is 0 Å². The summed E-state index contributed by atoms with van der Waals surface area (Å²) in [5.41, 5.74) is -0.0244. The SMILES string of the molecule is CC(C)(C)[S+]([O-])/N=C(\CCCCl)c1nc(F)ccc1F. The highest BCUT2D eigenvalue weighted by atomic mass is 35.5. The Morgan fingerprint density at radius 1 is 1.40 bits per heavy atom. The number of aromatic nitrogens is 1. The van der Waals surface area contributed by atoms with Crippen LogP contribution in [0.5, 0.6) is 0 Å². The lowest BCUT2D eigenvalue weighted by Gasteiger charge is -2.19. The van der Waals surface area contributed by atoms with Gasteiger partial charge in [0.2, 0.25) is 5.95 Å². The molecule has 0 aliphatic carbocycles. The zero-order valence-electron chi connectivity index (χ0n) is 11.6. The maximum atomic E-state index is 13.8. The van der Waals surface area contributed by atoms with Crippen LogP contribution >= 0.6 is 11.6 Å². The molecule has 0 bridgehead atoms. The lowest BCUT2D eigenvalue weighted by molar-refractivity contribution is 0.555. The summed E-state index contributed by atoms with van der Waals surface area (Å²) in [7, 11) is 0. The van der Waals surface area contributed by atoms with E-state index < -0.39 is 27.9 Å². The van der Waals surface area contributed by atoms with Crippen molar-refractivity contribution in [1.82, 2.24) is 4.98 Å². The first-order chi connectivity index (χ1) is 9.25. The van der Waals surface area contributed by atoms with E-state index in [1.54, 1.807) is 20.8 Å². The van der Waals surface area contributed by atoms with E-state index in [1.807, 2.05) is 0 Å². The summed E-state index contributed by atoms with van der Waals surface area (Å²) in [6, 6.07) is 1.91. The molecule has 0 N–H and O–H groups in total. The van der Waals surface area contributed by atoms with Crippen molar-refractivity contribution in [1.29, 1.82) is 0 Å². The number of hydrogen-bond acceptors (Lipinski definition) is 3. The average Bonchev–Trinajstić information content (AvgIpc) is 2.36. The van der Waals surface area contributed by atoms with Gasteiger partial charge in [-0.2, -0.15) is 4.39 Å². The topological polar surface area (TPSA) is 48.3 Å². The monoisotopic (exact) mass is 322 g/mol. The van der Waals surface area contributed by atoms with Crippen LogP contribution in [0.2, 0.25) is 0 Å². The molecule has 0 aliphatic heterocycles. The van der Waals surface area contributed by atoms with Crippen LogP contribution in [-0.2, 0) is 11.4 Å². The van der Waals surface area contributed by atoms with Crippen LogP contribution in [-0.4, -0.2) is 25.9 Å². The van der Waals surface area contributed by atoms with Crippen molar-refractivity contribution in [3.63, 3.8) is 0 Å². The maximum Gasteiger partial charge on any atom is 0.213 e. The molecule has 0 fully saturated rings. The fourth-order valence-electron chi connectivity index (χ4n) is 1.30.